The first-order valence-electron chi connectivity index (χ1n) is 26.0. The fourth-order valence-electron chi connectivity index (χ4n) is 7.62. The molecule has 1 heterocycles. The summed E-state index contributed by atoms with van der Waals surface area (Å²) in [6.45, 7) is 4.33. The van der Waals surface area contributed by atoms with Gasteiger partial charge in [-0.15, -0.1) is 0 Å². The Kier molecular flexibility index (Phi) is 42.7. The van der Waals surface area contributed by atoms with Gasteiger partial charge in [0.2, 0.25) is 0 Å². The SMILES string of the molecule is CC/C=C\C/C=C\C/C=C\C/C=C\C/C=C\CC(=O)OC(COCCCCCCCCCCCCCCCC/C=C\CCCCCCCCCC)COC1OC(CO)C(O)C(O)C1O. The van der Waals surface area contributed by atoms with E-state index in [9.17, 15) is 25.2 Å². The van der Waals surface area contributed by atoms with Gasteiger partial charge in [-0.25, -0.2) is 0 Å². The second-order valence-electron chi connectivity index (χ2n) is 17.6. The Morgan fingerprint density at radius 2 is 0.953 bits per heavy atom. The summed E-state index contributed by atoms with van der Waals surface area (Å²) in [4.78, 5) is 12.7. The van der Waals surface area contributed by atoms with Crippen LogP contribution in [0.2, 0.25) is 0 Å². The molecule has 0 aliphatic carbocycles. The number of esters is 1. The Labute approximate surface area is 391 Å². The molecule has 0 bridgehead atoms. The lowest BCUT2D eigenvalue weighted by atomic mass is 9.99. The van der Waals surface area contributed by atoms with E-state index in [2.05, 4.69) is 74.6 Å². The smallest absolute Gasteiger partial charge is 0.310 e. The number of carbonyl (C=O) groups is 1. The Bertz CT molecular complexity index is 1210. The predicted octanol–water partition coefficient (Wildman–Crippen LogP) is 12.8. The molecule has 6 unspecified atom stereocenters. The molecular formula is C55H96O9. The molecule has 0 aromatic carbocycles. The van der Waals surface area contributed by atoms with Crippen LogP contribution in [-0.2, 0) is 23.7 Å². The van der Waals surface area contributed by atoms with Gasteiger partial charge in [0, 0.05) is 6.61 Å². The Hall–Kier alpha value is -2.37. The summed E-state index contributed by atoms with van der Waals surface area (Å²) in [6, 6.07) is 0. The van der Waals surface area contributed by atoms with E-state index in [1.807, 2.05) is 6.08 Å². The molecule has 9 nitrogen and oxygen atoms in total. The molecule has 4 N–H and O–H groups in total. The molecule has 9 heteroatoms. The normalized spacial score (nSPS) is 20.1. The lowest BCUT2D eigenvalue weighted by molar-refractivity contribution is -0.305. The van der Waals surface area contributed by atoms with Crippen LogP contribution in [0, 0.1) is 0 Å². The van der Waals surface area contributed by atoms with Crippen molar-refractivity contribution in [3.05, 3.63) is 72.9 Å². The summed E-state index contributed by atoms with van der Waals surface area (Å²) in [7, 11) is 0. The van der Waals surface area contributed by atoms with Crippen LogP contribution in [-0.4, -0.2) is 89.6 Å². The fourth-order valence-corrected chi connectivity index (χ4v) is 7.62. The van der Waals surface area contributed by atoms with E-state index in [1.165, 1.54) is 141 Å². The molecular weight excluding hydrogens is 805 g/mol. The van der Waals surface area contributed by atoms with Crippen LogP contribution >= 0.6 is 0 Å². The number of unbranched alkanes of at least 4 members (excludes halogenated alkanes) is 22. The molecule has 1 fully saturated rings. The summed E-state index contributed by atoms with van der Waals surface area (Å²) in [6.07, 6.45) is 54.1. The summed E-state index contributed by atoms with van der Waals surface area (Å²) in [5.41, 5.74) is 0. The van der Waals surface area contributed by atoms with Crippen molar-refractivity contribution in [1.29, 1.82) is 0 Å². The van der Waals surface area contributed by atoms with Crippen molar-refractivity contribution >= 4 is 5.97 Å². The topological polar surface area (TPSA) is 135 Å². The molecule has 0 aromatic heterocycles. The molecule has 64 heavy (non-hydrogen) atoms. The van der Waals surface area contributed by atoms with Gasteiger partial charge < -0.3 is 39.4 Å². The van der Waals surface area contributed by atoms with Gasteiger partial charge in [-0.05, 0) is 64.2 Å². The first-order chi connectivity index (χ1) is 31.4. The average molecular weight is 901 g/mol. The van der Waals surface area contributed by atoms with E-state index in [0.29, 0.717) is 13.0 Å². The van der Waals surface area contributed by atoms with Crippen molar-refractivity contribution in [2.45, 2.75) is 243 Å². The van der Waals surface area contributed by atoms with Gasteiger partial charge in [-0.1, -0.05) is 209 Å². The highest BCUT2D eigenvalue weighted by Gasteiger charge is 2.44. The molecule has 1 saturated heterocycles. The number of carbonyl (C=O) groups excluding carboxylic acids is 1. The van der Waals surface area contributed by atoms with Gasteiger partial charge >= 0.3 is 5.97 Å². The largest absolute Gasteiger partial charge is 0.457 e. The molecule has 1 aliphatic heterocycles. The van der Waals surface area contributed by atoms with Crippen LogP contribution in [0.5, 0.6) is 0 Å². The van der Waals surface area contributed by atoms with Crippen molar-refractivity contribution < 1.29 is 44.2 Å². The molecule has 1 rings (SSSR count). The van der Waals surface area contributed by atoms with E-state index in [-0.39, 0.29) is 19.6 Å². The summed E-state index contributed by atoms with van der Waals surface area (Å²) < 4.78 is 22.7. The maximum absolute atomic E-state index is 12.7. The number of allylic oxidation sites excluding steroid dienone is 11. The van der Waals surface area contributed by atoms with Crippen molar-refractivity contribution in [1.82, 2.24) is 0 Å². The van der Waals surface area contributed by atoms with Crippen LogP contribution in [0.15, 0.2) is 72.9 Å². The summed E-state index contributed by atoms with van der Waals surface area (Å²) >= 11 is 0. The fraction of sp³-hybridized carbons (Fsp3) is 0.764. The van der Waals surface area contributed by atoms with Gasteiger partial charge in [0.25, 0.3) is 0 Å². The van der Waals surface area contributed by atoms with Crippen LogP contribution in [0.1, 0.15) is 206 Å². The molecule has 0 radical (unpaired) electrons. The number of hydrogen-bond donors (Lipinski definition) is 4. The predicted molar refractivity (Wildman–Crippen MR) is 265 cm³/mol. The van der Waals surface area contributed by atoms with Crippen LogP contribution in [0.3, 0.4) is 0 Å². The molecule has 0 spiro atoms. The Morgan fingerprint density at radius 1 is 0.516 bits per heavy atom. The Morgan fingerprint density at radius 3 is 1.42 bits per heavy atom. The number of aliphatic hydroxyl groups excluding tert-OH is 4. The van der Waals surface area contributed by atoms with Crippen LogP contribution in [0.4, 0.5) is 0 Å². The second-order valence-corrected chi connectivity index (χ2v) is 17.6. The summed E-state index contributed by atoms with van der Waals surface area (Å²) in [5, 5.41) is 40.2. The van der Waals surface area contributed by atoms with E-state index in [0.717, 1.165) is 38.5 Å². The van der Waals surface area contributed by atoms with E-state index < -0.39 is 49.4 Å². The second kappa shape index (κ2) is 45.8. The van der Waals surface area contributed by atoms with Crippen molar-refractivity contribution in [3.8, 4) is 0 Å². The third kappa shape index (κ3) is 35.8. The highest BCUT2D eigenvalue weighted by Crippen LogP contribution is 2.22. The highest BCUT2D eigenvalue weighted by atomic mass is 16.7. The monoisotopic (exact) mass is 901 g/mol. The zero-order valence-corrected chi connectivity index (χ0v) is 40.8. The minimum Gasteiger partial charge on any atom is -0.457 e. The van der Waals surface area contributed by atoms with Gasteiger partial charge in [0.05, 0.1) is 26.2 Å². The molecule has 6 atom stereocenters. The molecule has 0 aromatic rings. The highest BCUT2D eigenvalue weighted by molar-refractivity contribution is 5.71. The number of ether oxygens (including phenoxy) is 4. The molecule has 0 saturated carbocycles. The van der Waals surface area contributed by atoms with Crippen molar-refractivity contribution in [3.63, 3.8) is 0 Å². The van der Waals surface area contributed by atoms with Crippen LogP contribution < -0.4 is 0 Å². The van der Waals surface area contributed by atoms with E-state index in [4.69, 9.17) is 18.9 Å². The standard InChI is InChI=1S/C55H96O9/c1-3-5-7-9-11-13-15-17-19-20-21-22-23-24-25-26-27-28-29-31-33-35-37-39-41-43-45-61-47-49(48-62-55-54(60)53(59)52(58)50(46-56)64-55)63-51(57)44-42-40-38-36-34-32-30-18-16-14-12-10-8-6-4-2/h6,8,12,14,18,20-21,30,34,36,40,42,49-50,52-56,58-60H,3-5,7,9-11,13,15-17,19,22-29,31-33,35,37-39,41,43-48H2,1-2H3/b8-6-,14-12-,21-20-,30-18-,36-34-,42-40-. The first kappa shape index (κ1) is 59.6. The summed E-state index contributed by atoms with van der Waals surface area (Å²) in [5.74, 6) is -0.439. The average Bonchev–Trinajstić information content (AvgIpc) is 3.30. The lowest BCUT2D eigenvalue weighted by Crippen LogP contribution is -2.59. The van der Waals surface area contributed by atoms with Crippen LogP contribution in [0.25, 0.3) is 0 Å². The minimum atomic E-state index is -1.56. The first-order valence-corrected chi connectivity index (χ1v) is 26.0. The van der Waals surface area contributed by atoms with E-state index in [1.54, 1.807) is 6.08 Å². The van der Waals surface area contributed by atoms with Crippen molar-refractivity contribution in [2.75, 3.05) is 26.4 Å². The molecule has 370 valence electrons. The quantitative estimate of drug-likeness (QED) is 0.0268. The van der Waals surface area contributed by atoms with Crippen molar-refractivity contribution in [2.24, 2.45) is 0 Å². The Balaban J connectivity index is 2.19. The minimum absolute atomic E-state index is 0.0851. The molecule has 0 amide bonds. The maximum atomic E-state index is 12.7. The maximum Gasteiger partial charge on any atom is 0.310 e. The van der Waals surface area contributed by atoms with E-state index >= 15 is 0 Å². The number of rotatable bonds is 44. The van der Waals surface area contributed by atoms with Gasteiger partial charge in [-0.2, -0.15) is 0 Å². The third-order valence-electron chi connectivity index (χ3n) is 11.6. The van der Waals surface area contributed by atoms with Gasteiger partial charge in [-0.3, -0.25) is 4.79 Å². The lowest BCUT2D eigenvalue weighted by Gasteiger charge is -2.39. The van der Waals surface area contributed by atoms with Gasteiger partial charge in [0.15, 0.2) is 6.29 Å². The van der Waals surface area contributed by atoms with Gasteiger partial charge in [0.1, 0.15) is 30.5 Å². The third-order valence-corrected chi connectivity index (χ3v) is 11.6. The number of aliphatic hydroxyl groups is 4. The zero-order valence-electron chi connectivity index (χ0n) is 40.8. The molecule has 1 aliphatic rings. The zero-order chi connectivity index (χ0) is 46.4. The number of hydrogen-bond acceptors (Lipinski definition) is 9.